The highest BCUT2D eigenvalue weighted by atomic mass is 16.5. The van der Waals surface area contributed by atoms with Gasteiger partial charge in [-0.2, -0.15) is 0 Å². The zero-order valence-corrected chi connectivity index (χ0v) is 12.7. The van der Waals surface area contributed by atoms with Crippen LogP contribution < -0.4 is 15.7 Å². The maximum absolute atomic E-state index is 11.9. The number of hydrogen-bond acceptors (Lipinski definition) is 4. The lowest BCUT2D eigenvalue weighted by Crippen LogP contribution is -2.09. The molecule has 0 aliphatic carbocycles. The van der Waals surface area contributed by atoms with Crippen molar-refractivity contribution in [3.63, 3.8) is 0 Å². The van der Waals surface area contributed by atoms with Crippen molar-refractivity contribution in [3.8, 4) is 5.75 Å². The standard InChI is InChI=1S/C16H21NO3/c1-6-7-19-15-12(17-5)8-9(2)14-13(15)10(3)11(4)16(18)20-14/h8,17H,6-7H2,1-5H3. The van der Waals surface area contributed by atoms with E-state index in [4.69, 9.17) is 9.15 Å². The van der Waals surface area contributed by atoms with Crippen LogP contribution in [0.3, 0.4) is 0 Å². The third-order valence-corrected chi connectivity index (χ3v) is 3.58. The molecule has 4 nitrogen and oxygen atoms in total. The van der Waals surface area contributed by atoms with E-state index in [1.807, 2.05) is 27.0 Å². The minimum Gasteiger partial charge on any atom is -0.491 e. The van der Waals surface area contributed by atoms with E-state index in [1.54, 1.807) is 6.92 Å². The van der Waals surface area contributed by atoms with Crippen molar-refractivity contribution < 1.29 is 9.15 Å². The molecule has 1 aromatic carbocycles. The fraction of sp³-hybridized carbons (Fsp3) is 0.438. The molecule has 0 saturated carbocycles. The van der Waals surface area contributed by atoms with Crippen molar-refractivity contribution in [2.24, 2.45) is 0 Å². The highest BCUT2D eigenvalue weighted by molar-refractivity contribution is 5.95. The Morgan fingerprint density at radius 3 is 2.55 bits per heavy atom. The van der Waals surface area contributed by atoms with Crippen LogP contribution in [0.2, 0.25) is 0 Å². The summed E-state index contributed by atoms with van der Waals surface area (Å²) in [7, 11) is 1.86. The van der Waals surface area contributed by atoms with Crippen LogP contribution in [0.5, 0.6) is 5.75 Å². The summed E-state index contributed by atoms with van der Waals surface area (Å²) in [6, 6.07) is 1.95. The summed E-state index contributed by atoms with van der Waals surface area (Å²) < 4.78 is 11.4. The summed E-state index contributed by atoms with van der Waals surface area (Å²) in [6.45, 7) is 8.35. The molecule has 108 valence electrons. The van der Waals surface area contributed by atoms with Crippen LogP contribution in [0.15, 0.2) is 15.3 Å². The third-order valence-electron chi connectivity index (χ3n) is 3.58. The average molecular weight is 275 g/mol. The van der Waals surface area contributed by atoms with Crippen LogP contribution in [0, 0.1) is 20.8 Å². The van der Waals surface area contributed by atoms with Gasteiger partial charge in [0.1, 0.15) is 5.58 Å². The van der Waals surface area contributed by atoms with E-state index in [0.29, 0.717) is 17.8 Å². The minimum atomic E-state index is -0.281. The highest BCUT2D eigenvalue weighted by Gasteiger charge is 2.18. The second kappa shape index (κ2) is 5.57. The summed E-state index contributed by atoms with van der Waals surface area (Å²) in [5.41, 5.74) is 3.72. The van der Waals surface area contributed by atoms with Gasteiger partial charge in [-0.25, -0.2) is 4.79 Å². The van der Waals surface area contributed by atoms with Crippen LogP contribution >= 0.6 is 0 Å². The third kappa shape index (κ3) is 2.26. The summed E-state index contributed by atoms with van der Waals surface area (Å²) in [6.07, 6.45) is 0.924. The number of ether oxygens (including phenoxy) is 1. The minimum absolute atomic E-state index is 0.281. The number of rotatable bonds is 4. The lowest BCUT2D eigenvalue weighted by atomic mass is 10.0. The monoisotopic (exact) mass is 275 g/mol. The van der Waals surface area contributed by atoms with Crippen molar-refractivity contribution in [2.45, 2.75) is 34.1 Å². The number of nitrogens with one attached hydrogen (secondary N) is 1. The Hall–Kier alpha value is -1.97. The van der Waals surface area contributed by atoms with Gasteiger partial charge in [0.2, 0.25) is 0 Å². The lowest BCUT2D eigenvalue weighted by Gasteiger charge is -2.17. The number of benzene rings is 1. The van der Waals surface area contributed by atoms with Gasteiger partial charge in [-0.15, -0.1) is 0 Å². The number of aryl methyl sites for hydroxylation is 2. The molecule has 0 bridgehead atoms. The highest BCUT2D eigenvalue weighted by Crippen LogP contribution is 2.38. The quantitative estimate of drug-likeness (QED) is 0.867. The van der Waals surface area contributed by atoms with Gasteiger partial charge in [-0.1, -0.05) is 6.92 Å². The summed E-state index contributed by atoms with van der Waals surface area (Å²) >= 11 is 0. The van der Waals surface area contributed by atoms with Crippen molar-refractivity contribution in [2.75, 3.05) is 19.0 Å². The molecule has 20 heavy (non-hydrogen) atoms. The van der Waals surface area contributed by atoms with E-state index in [-0.39, 0.29) is 5.63 Å². The summed E-state index contributed by atoms with van der Waals surface area (Å²) in [4.78, 5) is 11.9. The predicted molar refractivity (Wildman–Crippen MR) is 82.0 cm³/mol. The molecule has 0 radical (unpaired) electrons. The maximum Gasteiger partial charge on any atom is 0.339 e. The van der Waals surface area contributed by atoms with Crippen LogP contribution in [-0.2, 0) is 0 Å². The fourth-order valence-corrected chi connectivity index (χ4v) is 2.30. The van der Waals surface area contributed by atoms with Crippen LogP contribution in [0.25, 0.3) is 11.0 Å². The Morgan fingerprint density at radius 2 is 1.95 bits per heavy atom. The van der Waals surface area contributed by atoms with Crippen molar-refractivity contribution in [3.05, 3.63) is 33.2 Å². The SMILES string of the molecule is CCCOc1c(NC)cc(C)c2oc(=O)c(C)c(C)c12. The van der Waals surface area contributed by atoms with Gasteiger partial charge >= 0.3 is 5.63 Å². The number of anilines is 1. The molecule has 0 fully saturated rings. The average Bonchev–Trinajstić information content (AvgIpc) is 2.44. The first-order chi connectivity index (χ1) is 9.51. The first kappa shape index (κ1) is 14.4. The predicted octanol–water partition coefficient (Wildman–Crippen LogP) is 3.55. The van der Waals surface area contributed by atoms with Crippen molar-refractivity contribution in [1.29, 1.82) is 0 Å². The molecule has 0 unspecified atom stereocenters. The number of hydrogen-bond donors (Lipinski definition) is 1. The van der Waals surface area contributed by atoms with Crippen LogP contribution in [0.1, 0.15) is 30.0 Å². The topological polar surface area (TPSA) is 51.5 Å². The van der Waals surface area contributed by atoms with Crippen LogP contribution in [-0.4, -0.2) is 13.7 Å². The number of fused-ring (bicyclic) bond motifs is 1. The van der Waals surface area contributed by atoms with Gasteiger partial charge in [-0.3, -0.25) is 0 Å². The molecule has 2 aromatic rings. The Kier molecular flexibility index (Phi) is 4.02. The zero-order chi connectivity index (χ0) is 14.9. The molecular formula is C16H21NO3. The summed E-state index contributed by atoms with van der Waals surface area (Å²) in [5.74, 6) is 0.763. The second-order valence-corrected chi connectivity index (χ2v) is 5.01. The molecule has 0 aliphatic heterocycles. The van der Waals surface area contributed by atoms with E-state index in [0.717, 1.165) is 34.4 Å². The molecule has 1 heterocycles. The van der Waals surface area contributed by atoms with Gasteiger partial charge in [0.15, 0.2) is 5.75 Å². The zero-order valence-electron chi connectivity index (χ0n) is 12.7. The Balaban J connectivity index is 2.88. The smallest absolute Gasteiger partial charge is 0.339 e. The molecule has 2 rings (SSSR count). The van der Waals surface area contributed by atoms with Gasteiger partial charge in [0, 0.05) is 12.6 Å². The molecule has 4 heteroatoms. The van der Waals surface area contributed by atoms with E-state index in [2.05, 4.69) is 12.2 Å². The normalized spacial score (nSPS) is 10.8. The summed E-state index contributed by atoms with van der Waals surface area (Å²) in [5, 5.41) is 4.04. The lowest BCUT2D eigenvalue weighted by molar-refractivity contribution is 0.322. The molecule has 0 aliphatic rings. The van der Waals surface area contributed by atoms with Gasteiger partial charge in [-0.05, 0) is 44.4 Å². The van der Waals surface area contributed by atoms with E-state index >= 15 is 0 Å². The molecule has 1 aromatic heterocycles. The fourth-order valence-electron chi connectivity index (χ4n) is 2.30. The van der Waals surface area contributed by atoms with E-state index < -0.39 is 0 Å². The Bertz CT molecular complexity index is 701. The van der Waals surface area contributed by atoms with Gasteiger partial charge in [0.05, 0.1) is 17.7 Å². The molecule has 1 N–H and O–H groups in total. The first-order valence-electron chi connectivity index (χ1n) is 6.89. The molecule has 0 atom stereocenters. The van der Waals surface area contributed by atoms with Crippen molar-refractivity contribution >= 4 is 16.7 Å². The van der Waals surface area contributed by atoms with E-state index in [9.17, 15) is 4.79 Å². The van der Waals surface area contributed by atoms with E-state index in [1.165, 1.54) is 0 Å². The molecule has 0 saturated heterocycles. The largest absolute Gasteiger partial charge is 0.491 e. The molecular weight excluding hydrogens is 254 g/mol. The van der Waals surface area contributed by atoms with Gasteiger partial charge < -0.3 is 14.5 Å². The first-order valence-corrected chi connectivity index (χ1v) is 6.89. The Labute approximate surface area is 118 Å². The van der Waals surface area contributed by atoms with Gasteiger partial charge in [0.25, 0.3) is 0 Å². The Morgan fingerprint density at radius 1 is 1.25 bits per heavy atom. The van der Waals surface area contributed by atoms with Crippen molar-refractivity contribution in [1.82, 2.24) is 0 Å². The maximum atomic E-state index is 11.9. The second-order valence-electron chi connectivity index (χ2n) is 5.01. The molecule has 0 amide bonds. The molecule has 0 spiro atoms. The van der Waals surface area contributed by atoms with Crippen LogP contribution in [0.4, 0.5) is 5.69 Å².